The van der Waals surface area contributed by atoms with Crippen LogP contribution in [0.3, 0.4) is 0 Å². The Morgan fingerprint density at radius 1 is 1.28 bits per heavy atom. The fourth-order valence-electron chi connectivity index (χ4n) is 3.32. The molecule has 0 saturated heterocycles. The Kier molecular flexibility index (Phi) is 5.78. The average molecular weight is 430 g/mol. The van der Waals surface area contributed by atoms with E-state index in [0.29, 0.717) is 21.9 Å². The van der Waals surface area contributed by atoms with Crippen molar-refractivity contribution in [3.05, 3.63) is 65.0 Å². The molecule has 0 spiro atoms. The van der Waals surface area contributed by atoms with Gasteiger partial charge in [0.2, 0.25) is 5.91 Å². The van der Waals surface area contributed by atoms with Gasteiger partial charge in [0.25, 0.3) is 11.1 Å². The van der Waals surface area contributed by atoms with Crippen LogP contribution >= 0.6 is 23.4 Å². The minimum Gasteiger partial charge on any atom is -0.484 e. The number of hydrogen-bond acceptors (Lipinski definition) is 6. The summed E-state index contributed by atoms with van der Waals surface area (Å²) in [4.78, 5) is 14.9. The molecule has 1 aliphatic rings. The van der Waals surface area contributed by atoms with E-state index in [0.717, 1.165) is 12.1 Å². The average Bonchev–Trinajstić information content (AvgIpc) is 3.30. The lowest BCUT2D eigenvalue weighted by Gasteiger charge is -2.25. The Bertz CT molecular complexity index is 1010. The summed E-state index contributed by atoms with van der Waals surface area (Å²) in [6.07, 6.45) is 0.867. The van der Waals surface area contributed by atoms with Crippen LogP contribution in [0.15, 0.2) is 58.2 Å². The maximum atomic E-state index is 13.0. The number of nitrogens with zero attached hydrogens (tertiary/aromatic N) is 3. The van der Waals surface area contributed by atoms with Crippen LogP contribution in [0.25, 0.3) is 0 Å². The molecule has 0 aliphatic carbocycles. The number of rotatable bonds is 6. The molecule has 1 aliphatic heterocycles. The quantitative estimate of drug-likeness (QED) is 0.526. The SMILES string of the molecule is CC(Sc1nnc(COc2ccc(Cl)cc2)o1)C(=O)N1c2ccccc2CC1C. The summed E-state index contributed by atoms with van der Waals surface area (Å²) in [5.74, 6) is 1.04. The lowest BCUT2D eigenvalue weighted by atomic mass is 10.1. The third-order valence-electron chi connectivity index (χ3n) is 4.69. The predicted octanol–water partition coefficient (Wildman–Crippen LogP) is 4.76. The highest BCUT2D eigenvalue weighted by Crippen LogP contribution is 2.34. The van der Waals surface area contributed by atoms with Gasteiger partial charge in [-0.15, -0.1) is 10.2 Å². The molecule has 2 unspecified atom stereocenters. The van der Waals surface area contributed by atoms with Crippen molar-refractivity contribution in [3.63, 3.8) is 0 Å². The van der Waals surface area contributed by atoms with Crippen molar-refractivity contribution in [2.24, 2.45) is 0 Å². The lowest BCUT2D eigenvalue weighted by Crippen LogP contribution is -2.40. The maximum absolute atomic E-state index is 13.0. The molecule has 0 radical (unpaired) electrons. The molecule has 6 nitrogen and oxygen atoms in total. The van der Waals surface area contributed by atoms with Crippen LogP contribution in [-0.4, -0.2) is 27.4 Å². The minimum absolute atomic E-state index is 0.0321. The normalized spacial score (nSPS) is 16.5. The zero-order valence-electron chi connectivity index (χ0n) is 16.0. The van der Waals surface area contributed by atoms with Crippen LogP contribution in [-0.2, 0) is 17.8 Å². The van der Waals surface area contributed by atoms with Crippen LogP contribution < -0.4 is 9.64 Å². The molecule has 150 valence electrons. The predicted molar refractivity (Wildman–Crippen MR) is 112 cm³/mol. The Morgan fingerprint density at radius 2 is 2.03 bits per heavy atom. The summed E-state index contributed by atoms with van der Waals surface area (Å²) in [7, 11) is 0. The van der Waals surface area contributed by atoms with E-state index in [1.54, 1.807) is 24.3 Å². The number of anilines is 1. The monoisotopic (exact) mass is 429 g/mol. The minimum atomic E-state index is -0.353. The maximum Gasteiger partial charge on any atom is 0.277 e. The molecular weight excluding hydrogens is 410 g/mol. The van der Waals surface area contributed by atoms with Crippen molar-refractivity contribution in [2.45, 2.75) is 43.4 Å². The highest BCUT2D eigenvalue weighted by atomic mass is 35.5. The van der Waals surface area contributed by atoms with Gasteiger partial charge < -0.3 is 14.1 Å². The fraction of sp³-hybridized carbons (Fsp3) is 0.286. The fourth-order valence-corrected chi connectivity index (χ4v) is 4.19. The van der Waals surface area contributed by atoms with Crippen molar-refractivity contribution >= 4 is 35.0 Å². The molecule has 0 N–H and O–H groups in total. The summed E-state index contributed by atoms with van der Waals surface area (Å²) in [6.45, 7) is 4.07. The van der Waals surface area contributed by atoms with E-state index >= 15 is 0 Å². The van der Waals surface area contributed by atoms with Gasteiger partial charge in [0.15, 0.2) is 6.61 Å². The van der Waals surface area contributed by atoms with Crippen molar-refractivity contribution in [1.29, 1.82) is 0 Å². The highest BCUT2D eigenvalue weighted by molar-refractivity contribution is 8.00. The van der Waals surface area contributed by atoms with E-state index in [9.17, 15) is 4.79 Å². The number of fused-ring (bicyclic) bond motifs is 1. The first kappa shape index (κ1) is 19.8. The molecule has 4 rings (SSSR count). The third kappa shape index (κ3) is 4.41. The van der Waals surface area contributed by atoms with Gasteiger partial charge in [0.05, 0.1) is 5.25 Å². The van der Waals surface area contributed by atoms with E-state index < -0.39 is 0 Å². The summed E-state index contributed by atoms with van der Waals surface area (Å²) in [5, 5.41) is 8.66. The zero-order chi connectivity index (χ0) is 20.4. The summed E-state index contributed by atoms with van der Waals surface area (Å²) in [6, 6.07) is 15.2. The Balaban J connectivity index is 1.37. The molecule has 1 amide bonds. The number of amides is 1. The van der Waals surface area contributed by atoms with E-state index in [2.05, 4.69) is 23.2 Å². The number of thioether (sulfide) groups is 1. The van der Waals surface area contributed by atoms with Gasteiger partial charge in [-0.05, 0) is 56.2 Å². The van der Waals surface area contributed by atoms with E-state index in [4.69, 9.17) is 20.8 Å². The number of carbonyl (C=O) groups is 1. The second kappa shape index (κ2) is 8.47. The second-order valence-corrected chi connectivity index (χ2v) is 8.58. The molecular formula is C21H20ClN3O3S. The number of carbonyl (C=O) groups excluding carboxylic acids is 1. The van der Waals surface area contributed by atoms with Crippen LogP contribution in [0.4, 0.5) is 5.69 Å². The Labute approximate surface area is 178 Å². The number of ether oxygens (including phenoxy) is 1. The second-order valence-electron chi connectivity index (χ2n) is 6.85. The molecule has 2 atom stereocenters. The van der Waals surface area contributed by atoms with Gasteiger partial charge in [-0.2, -0.15) is 0 Å². The summed E-state index contributed by atoms with van der Waals surface area (Å²) < 4.78 is 11.2. The van der Waals surface area contributed by atoms with Gasteiger partial charge in [-0.25, -0.2) is 0 Å². The van der Waals surface area contributed by atoms with Crippen LogP contribution in [0.5, 0.6) is 5.75 Å². The van der Waals surface area contributed by atoms with E-state index in [1.807, 2.05) is 30.0 Å². The summed E-state index contributed by atoms with van der Waals surface area (Å²) >= 11 is 7.12. The molecule has 0 bridgehead atoms. The zero-order valence-corrected chi connectivity index (χ0v) is 17.6. The molecule has 2 aromatic carbocycles. The summed E-state index contributed by atoms with van der Waals surface area (Å²) in [5.41, 5.74) is 2.19. The number of aromatic nitrogens is 2. The molecule has 29 heavy (non-hydrogen) atoms. The largest absolute Gasteiger partial charge is 0.484 e. The van der Waals surface area contributed by atoms with E-state index in [-0.39, 0.29) is 23.8 Å². The molecule has 1 aromatic heterocycles. The van der Waals surface area contributed by atoms with Gasteiger partial charge >= 0.3 is 0 Å². The van der Waals surface area contributed by atoms with E-state index in [1.165, 1.54) is 17.3 Å². The first-order valence-corrected chi connectivity index (χ1v) is 10.6. The Morgan fingerprint density at radius 3 is 2.83 bits per heavy atom. The molecule has 0 saturated carbocycles. The van der Waals surface area contributed by atoms with Crippen LogP contribution in [0, 0.1) is 0 Å². The smallest absolute Gasteiger partial charge is 0.277 e. The lowest BCUT2D eigenvalue weighted by molar-refractivity contribution is -0.118. The van der Waals surface area contributed by atoms with Crippen molar-refractivity contribution in [3.8, 4) is 5.75 Å². The molecule has 0 fully saturated rings. The van der Waals surface area contributed by atoms with Crippen LogP contribution in [0.1, 0.15) is 25.3 Å². The van der Waals surface area contributed by atoms with Gasteiger partial charge in [0.1, 0.15) is 5.75 Å². The number of benzene rings is 2. The topological polar surface area (TPSA) is 68.5 Å². The molecule has 2 heterocycles. The third-order valence-corrected chi connectivity index (χ3v) is 5.87. The van der Waals surface area contributed by atoms with Gasteiger partial charge in [0, 0.05) is 16.8 Å². The number of hydrogen-bond donors (Lipinski definition) is 0. The van der Waals surface area contributed by atoms with Crippen LogP contribution in [0.2, 0.25) is 5.02 Å². The van der Waals surface area contributed by atoms with Crippen molar-refractivity contribution < 1.29 is 13.9 Å². The van der Waals surface area contributed by atoms with Gasteiger partial charge in [-0.1, -0.05) is 41.6 Å². The van der Waals surface area contributed by atoms with Gasteiger partial charge in [-0.3, -0.25) is 4.79 Å². The Hall–Kier alpha value is -2.51. The highest BCUT2D eigenvalue weighted by Gasteiger charge is 2.34. The number of para-hydroxylation sites is 1. The van der Waals surface area contributed by atoms with Crippen molar-refractivity contribution in [1.82, 2.24) is 10.2 Å². The number of halogens is 1. The first-order valence-electron chi connectivity index (χ1n) is 9.29. The van der Waals surface area contributed by atoms with Crippen molar-refractivity contribution in [2.75, 3.05) is 4.90 Å². The molecule has 3 aromatic rings. The standard InChI is InChI=1S/C21H20ClN3O3S/c1-13-11-15-5-3-4-6-18(15)25(13)20(26)14(2)29-21-24-23-19(28-21)12-27-17-9-7-16(22)8-10-17/h3-10,13-14H,11-12H2,1-2H3. The first-order chi connectivity index (χ1) is 14.0. The molecule has 8 heteroatoms.